The van der Waals surface area contributed by atoms with E-state index in [0.29, 0.717) is 92.5 Å². The first kappa shape index (κ1) is 109. The summed E-state index contributed by atoms with van der Waals surface area (Å²) in [6.07, 6.45) is 3.48. The van der Waals surface area contributed by atoms with Gasteiger partial charge >= 0.3 is 70.8 Å². The van der Waals surface area contributed by atoms with Crippen LogP contribution in [0.2, 0.25) is 0 Å². The minimum atomic E-state index is -0.363. The highest BCUT2D eigenvalue weighted by Gasteiger charge is 2.35. The molecule has 138 heavy (non-hydrogen) atoms. The van der Waals surface area contributed by atoms with Crippen LogP contribution >= 0.6 is 0 Å². The normalized spacial score (nSPS) is 11.6. The number of nitrogens with one attached hydrogen (secondary N) is 7. The number of benzene rings is 12. The Morgan fingerprint density at radius 2 is 0.551 bits per heavy atom. The van der Waals surface area contributed by atoms with Crippen LogP contribution < -0.4 is 101 Å². The van der Waals surface area contributed by atoms with Crippen molar-refractivity contribution in [3.8, 4) is 0 Å². The van der Waals surface area contributed by atoms with Crippen molar-refractivity contribution in [2.45, 2.75) is 96.9 Å². The maximum absolute atomic E-state index is 5.85. The van der Waals surface area contributed by atoms with Crippen LogP contribution in [0.3, 0.4) is 0 Å². The third-order valence-electron chi connectivity index (χ3n) is 22.4. The molecule has 0 unspecified atom stereocenters. The van der Waals surface area contributed by atoms with Crippen molar-refractivity contribution in [1.29, 1.82) is 0 Å². The van der Waals surface area contributed by atoms with Crippen molar-refractivity contribution in [3.63, 3.8) is 0 Å². The van der Waals surface area contributed by atoms with Gasteiger partial charge in [0.05, 0.1) is 0 Å². The second-order valence-corrected chi connectivity index (χ2v) is 32.4. The predicted molar refractivity (Wildman–Crippen MR) is 590 cm³/mol. The Hall–Kier alpha value is -11.1. The largest absolute Gasteiger partial charge is 0.497 e. The van der Waals surface area contributed by atoms with Crippen LogP contribution in [0.4, 0.5) is 51.2 Å². The van der Waals surface area contributed by atoms with Crippen LogP contribution in [0.1, 0.15) is 96.9 Å². The van der Waals surface area contributed by atoms with E-state index in [2.05, 4.69) is 263 Å². The van der Waals surface area contributed by atoms with Crippen LogP contribution in [0.15, 0.2) is 267 Å². The number of para-hydroxylation sites is 1. The fourth-order valence-corrected chi connectivity index (χ4v) is 16.1. The summed E-state index contributed by atoms with van der Waals surface area (Å²) in [5.74, 6) is 0. The molecular weight excluding hydrogens is 1720 g/mol. The van der Waals surface area contributed by atoms with Crippen molar-refractivity contribution < 1.29 is 65.2 Å². The molecule has 16 rings (SSSR count). The third-order valence-corrected chi connectivity index (χ3v) is 22.4. The van der Waals surface area contributed by atoms with Crippen LogP contribution in [-0.4, -0.2) is 216 Å². The summed E-state index contributed by atoms with van der Waals surface area (Å²) < 4.78 is 78.7. The van der Waals surface area contributed by atoms with Crippen molar-refractivity contribution in [2.75, 3.05) is 181 Å². The van der Waals surface area contributed by atoms with Gasteiger partial charge in [-0.3, -0.25) is 5.10 Å². The molecule has 0 aliphatic carbocycles. The van der Waals surface area contributed by atoms with E-state index in [1.54, 1.807) is 12.4 Å². The average molecular weight is 1860 g/mol. The monoisotopic (exact) mass is 1860 g/mol. The fraction of sp³-hybridized carbons (Fsp3) is 0.330. The molecule has 12 aromatic carbocycles. The number of aromatic amines is 1. The summed E-state index contributed by atoms with van der Waals surface area (Å²) in [4.78, 5) is 6.21. The molecule has 720 valence electrons. The summed E-state index contributed by atoms with van der Waals surface area (Å²) in [6, 6.07) is 87.8. The van der Waals surface area contributed by atoms with E-state index >= 15 is 0 Å². The van der Waals surface area contributed by atoms with Crippen LogP contribution in [0, 0.1) is 0 Å². The SMILES string of the molecule is CCOB(OCC)c1ccc(B2Nc3cccc4cccc(c34)N2)cc1.CCOB(OCC)c1ccc(N(C)C)cc1.CCOB(OCC)c1cccc(B2Nc3cccc4cccc(c34)N2)c1.CCOB(OCC)c1cccc(N(C)C)c1.CCOB(OCC)c1ccccc1B1Nc2cccc3cccc(c23)N1.CCOB(OCC)c1ccccc1N(C)C.CCOB(OCC)c1cn[nH]c1. The maximum atomic E-state index is 5.85. The molecule has 0 spiro atoms. The Balaban J connectivity index is 0.000000169. The Bertz CT molecular complexity index is 5540. The molecule has 3 aliphatic heterocycles. The molecule has 35 heteroatoms. The Morgan fingerprint density at radius 3 is 0.913 bits per heavy atom. The van der Waals surface area contributed by atoms with Gasteiger partial charge in [-0.25, -0.2) is 0 Å². The molecule has 4 heterocycles. The number of H-pyrrole nitrogens is 1. The van der Waals surface area contributed by atoms with Gasteiger partial charge in [0.1, 0.15) is 0 Å². The molecule has 0 fully saturated rings. The van der Waals surface area contributed by atoms with E-state index < -0.39 is 0 Å². The van der Waals surface area contributed by atoms with Gasteiger partial charge in [0.25, 0.3) is 0 Å². The standard InChI is InChI=1S/3C20H22B2N2O2.3C12H20BNO2.C7H13BN2O2/c1-3-25-22(26-4-2)17-11-7-10-16(14-17)21-23-18-12-5-8-15-9-6-13-19(24-21)20(15)18;1-3-25-22(26-4-2)17-13-11-16(12-14-17)21-23-18-9-5-7-15-8-6-10-19(24-21)20(15)18;1-3-25-22(26-4-2)17-12-6-5-11-16(17)21-23-18-13-7-9-15-10-8-14-19(24-21)20(15)18;1-5-15-13(16-6-2)11-7-9-12(10-8-11)14(3)4;1-5-15-13(16-6-2)11-8-7-9-12(10-11)14(3)4;1-5-15-13(16-6-2)11-9-7-8-10-12(11)14(3)4;1-3-11-8(12-4-2)7-5-9-10-6-7/h3*5-14,23-24H,3-4H2,1-2H3;3*7-10H,5-6H2,1-4H3;5-6H,3-4H2,1-2H3,(H,9,10). The summed E-state index contributed by atoms with van der Waals surface area (Å²) in [6.45, 7) is 36.5. The van der Waals surface area contributed by atoms with Crippen molar-refractivity contribution >= 4 is 209 Å². The molecule has 1 aromatic heterocycles. The number of nitrogens with zero attached hydrogens (tertiary/aromatic N) is 4. The van der Waals surface area contributed by atoms with Gasteiger partial charge in [0.15, 0.2) is 0 Å². The molecule has 0 amide bonds. The number of hydrogen-bond donors (Lipinski definition) is 7. The van der Waals surface area contributed by atoms with Gasteiger partial charge < -0.3 is 111 Å². The number of rotatable bonds is 41. The van der Waals surface area contributed by atoms with E-state index in [4.69, 9.17) is 65.2 Å². The number of aromatic nitrogens is 2. The molecule has 7 N–H and O–H groups in total. The molecule has 25 nitrogen and oxygen atoms in total. The first-order valence-corrected chi connectivity index (χ1v) is 48.7. The van der Waals surface area contributed by atoms with Crippen molar-refractivity contribution in [3.05, 3.63) is 267 Å². The lowest BCUT2D eigenvalue weighted by molar-refractivity contribution is 0.225. The van der Waals surface area contributed by atoms with Gasteiger partial charge in [0, 0.05) is 225 Å². The molecule has 13 aromatic rings. The third kappa shape index (κ3) is 31.2. The molecule has 0 atom stereocenters. The predicted octanol–water partition coefficient (Wildman–Crippen LogP) is 13.3. The first-order chi connectivity index (χ1) is 67.4. The highest BCUT2D eigenvalue weighted by Crippen LogP contribution is 2.37. The highest BCUT2D eigenvalue weighted by atomic mass is 16.6. The lowest BCUT2D eigenvalue weighted by Gasteiger charge is -2.28. The van der Waals surface area contributed by atoms with Gasteiger partial charge in [-0.1, -0.05) is 188 Å². The first-order valence-electron chi connectivity index (χ1n) is 48.7. The quantitative estimate of drug-likeness (QED) is 0.0176. The van der Waals surface area contributed by atoms with Gasteiger partial charge in [-0.05, 0) is 224 Å². The van der Waals surface area contributed by atoms with Gasteiger partial charge in [-0.2, -0.15) is 5.10 Å². The Kier molecular flexibility index (Phi) is 46.4. The lowest BCUT2D eigenvalue weighted by Crippen LogP contribution is -2.58. The molecule has 3 aliphatic rings. The Labute approximate surface area is 824 Å². The Morgan fingerprint density at radius 1 is 0.246 bits per heavy atom. The molecule has 0 bridgehead atoms. The van der Waals surface area contributed by atoms with Gasteiger partial charge in [-0.15, -0.1) is 0 Å². The number of hydrogen-bond acceptors (Lipinski definition) is 24. The van der Waals surface area contributed by atoms with Crippen LogP contribution in [0.5, 0.6) is 0 Å². The fourth-order valence-electron chi connectivity index (χ4n) is 16.1. The molecule has 0 radical (unpaired) electrons. The summed E-state index contributed by atoms with van der Waals surface area (Å²) in [5.41, 5.74) is 21.1. The number of anilines is 9. The van der Waals surface area contributed by atoms with E-state index in [1.165, 1.54) is 43.5 Å². The minimum Gasteiger partial charge on any atom is -0.408 e. The summed E-state index contributed by atoms with van der Waals surface area (Å²) >= 11 is 0. The van der Waals surface area contributed by atoms with Crippen LogP contribution in [-0.2, 0) is 65.2 Å². The minimum absolute atomic E-state index is 0.000599. The maximum Gasteiger partial charge on any atom is 0.497 e. The summed E-state index contributed by atoms with van der Waals surface area (Å²) in [7, 11) is 10.1. The van der Waals surface area contributed by atoms with Crippen LogP contribution in [0.25, 0.3) is 32.3 Å². The molecular formula is C103H139B10N11O14. The zero-order chi connectivity index (χ0) is 98.5. The van der Waals surface area contributed by atoms with Crippen molar-refractivity contribution in [1.82, 2.24) is 10.2 Å². The second kappa shape index (κ2) is 58.7. The molecule has 0 saturated carbocycles. The smallest absolute Gasteiger partial charge is 0.408 e. The van der Waals surface area contributed by atoms with Gasteiger partial charge in [0.2, 0.25) is 0 Å². The summed E-state index contributed by atoms with van der Waals surface area (Å²) in [5, 5.41) is 35.7. The van der Waals surface area contributed by atoms with E-state index in [-0.39, 0.29) is 70.8 Å². The second-order valence-electron chi connectivity index (χ2n) is 32.4. The van der Waals surface area contributed by atoms with E-state index in [1.807, 2.05) is 188 Å². The lowest BCUT2D eigenvalue weighted by atomic mass is 9.58. The topological polar surface area (TPSA) is 240 Å². The van der Waals surface area contributed by atoms with E-state index in [0.717, 1.165) is 94.7 Å². The zero-order valence-corrected chi connectivity index (χ0v) is 84.6. The zero-order valence-electron chi connectivity index (χ0n) is 84.6. The average Bonchev–Trinajstić information content (AvgIpc) is 0.807. The highest BCUT2D eigenvalue weighted by molar-refractivity contribution is 6.85. The van der Waals surface area contributed by atoms with Crippen molar-refractivity contribution in [2.24, 2.45) is 0 Å². The molecule has 0 saturated heterocycles. The van der Waals surface area contributed by atoms with E-state index in [9.17, 15) is 0 Å².